The van der Waals surface area contributed by atoms with Crippen LogP contribution in [0, 0.1) is 11.8 Å². The number of hydrogen-bond donors (Lipinski definition) is 3. The van der Waals surface area contributed by atoms with Gasteiger partial charge in [0, 0.05) is 13.0 Å². The van der Waals surface area contributed by atoms with E-state index in [4.69, 9.17) is 5.11 Å². The molecule has 0 aromatic rings. The van der Waals surface area contributed by atoms with Crippen molar-refractivity contribution >= 4 is 11.9 Å². The van der Waals surface area contributed by atoms with Gasteiger partial charge < -0.3 is 15.7 Å². The summed E-state index contributed by atoms with van der Waals surface area (Å²) in [5.41, 5.74) is 0. The molecule has 0 aromatic heterocycles. The fraction of sp³-hybridized carbons (Fsp3) is 0.857. The first-order valence-corrected chi connectivity index (χ1v) is 7.05. The largest absolute Gasteiger partial charge is 0.481 e. The van der Waals surface area contributed by atoms with Gasteiger partial charge in [0.05, 0.1) is 6.04 Å². The monoisotopic (exact) mass is 272 g/mol. The first-order valence-electron chi connectivity index (χ1n) is 7.05. The van der Waals surface area contributed by atoms with Crippen LogP contribution in [-0.4, -0.2) is 36.1 Å². The Morgan fingerprint density at radius 3 is 2.26 bits per heavy atom. The zero-order valence-electron chi connectivity index (χ0n) is 12.5. The van der Waals surface area contributed by atoms with Gasteiger partial charge in [-0.25, -0.2) is 0 Å². The molecule has 3 N–H and O–H groups in total. The average Bonchev–Trinajstić information content (AvgIpc) is 2.33. The molecule has 0 aliphatic rings. The zero-order chi connectivity index (χ0) is 14.8. The Morgan fingerprint density at radius 1 is 1.11 bits per heavy atom. The molecule has 0 rings (SSSR count). The molecule has 0 bridgehead atoms. The number of carboxylic acid groups (broad SMARTS) is 1. The zero-order valence-corrected chi connectivity index (χ0v) is 12.5. The minimum atomic E-state index is -0.749. The number of carbonyl (C=O) groups excluding carboxylic acids is 1. The van der Waals surface area contributed by atoms with E-state index in [9.17, 15) is 9.59 Å². The maximum Gasteiger partial charge on any atom is 0.303 e. The molecule has 112 valence electrons. The summed E-state index contributed by atoms with van der Waals surface area (Å²) in [7, 11) is 0. The Morgan fingerprint density at radius 2 is 1.74 bits per heavy atom. The molecule has 5 heteroatoms. The number of amides is 1. The third kappa shape index (κ3) is 10.5. The van der Waals surface area contributed by atoms with Crippen molar-refractivity contribution in [2.45, 2.75) is 53.0 Å². The van der Waals surface area contributed by atoms with Gasteiger partial charge >= 0.3 is 5.97 Å². The molecule has 19 heavy (non-hydrogen) atoms. The Hall–Kier alpha value is -1.10. The molecule has 0 spiro atoms. The quantitative estimate of drug-likeness (QED) is 0.565. The molecule has 5 nitrogen and oxygen atoms in total. The maximum absolute atomic E-state index is 11.7. The van der Waals surface area contributed by atoms with Crippen molar-refractivity contribution in [2.24, 2.45) is 11.8 Å². The van der Waals surface area contributed by atoms with Crippen molar-refractivity contribution in [2.75, 3.05) is 13.1 Å². The summed E-state index contributed by atoms with van der Waals surface area (Å²) in [5, 5.41) is 14.6. The van der Waals surface area contributed by atoms with Gasteiger partial charge in [-0.15, -0.1) is 0 Å². The molecule has 2 atom stereocenters. The Balaban J connectivity index is 3.69. The molecule has 2 unspecified atom stereocenters. The van der Waals surface area contributed by atoms with E-state index in [1.54, 1.807) is 0 Å². The second-order valence-electron chi connectivity index (χ2n) is 5.64. The third-order valence-corrected chi connectivity index (χ3v) is 3.02. The van der Waals surface area contributed by atoms with E-state index in [0.717, 1.165) is 13.0 Å². The van der Waals surface area contributed by atoms with Crippen molar-refractivity contribution < 1.29 is 14.7 Å². The fourth-order valence-corrected chi connectivity index (χ4v) is 1.61. The molecule has 0 saturated heterocycles. The van der Waals surface area contributed by atoms with Gasteiger partial charge in [-0.3, -0.25) is 9.59 Å². The van der Waals surface area contributed by atoms with E-state index in [1.165, 1.54) is 0 Å². The van der Waals surface area contributed by atoms with Crippen LogP contribution in [0.2, 0.25) is 0 Å². The minimum absolute atomic E-state index is 0.0203. The number of carbonyl (C=O) groups is 2. The number of hydrogen-bond acceptors (Lipinski definition) is 3. The summed E-state index contributed by atoms with van der Waals surface area (Å²) in [5.74, 6) is 0.0786. The Bertz CT molecular complexity index is 280. The lowest BCUT2D eigenvalue weighted by Gasteiger charge is -2.16. The molecule has 0 aromatic carbocycles. The molecule has 0 aliphatic heterocycles. The van der Waals surface area contributed by atoms with E-state index in [1.807, 2.05) is 13.8 Å². The van der Waals surface area contributed by atoms with Crippen LogP contribution in [0.4, 0.5) is 0 Å². The van der Waals surface area contributed by atoms with Crippen LogP contribution >= 0.6 is 0 Å². The van der Waals surface area contributed by atoms with E-state index >= 15 is 0 Å². The second kappa shape index (κ2) is 9.78. The molecule has 0 heterocycles. The van der Waals surface area contributed by atoms with Gasteiger partial charge in [0.25, 0.3) is 0 Å². The standard InChI is InChI=1S/C14H28N2O3/c1-10(2)9-16-14(19)12(4)15-8-7-11(3)5-6-13(17)18/h10-12,15H,5-9H2,1-4H3,(H,16,19)(H,17,18). The molecule has 0 saturated carbocycles. The summed E-state index contributed by atoms with van der Waals surface area (Å²) in [6, 6.07) is -0.203. The van der Waals surface area contributed by atoms with Crippen molar-refractivity contribution in [3.8, 4) is 0 Å². The molecular formula is C14H28N2O3. The lowest BCUT2D eigenvalue weighted by molar-refractivity contribution is -0.137. The van der Waals surface area contributed by atoms with Gasteiger partial charge in [-0.1, -0.05) is 20.8 Å². The van der Waals surface area contributed by atoms with Crippen LogP contribution in [0.25, 0.3) is 0 Å². The summed E-state index contributed by atoms with van der Waals surface area (Å²) in [4.78, 5) is 22.1. The summed E-state index contributed by atoms with van der Waals surface area (Å²) in [6.07, 6.45) is 1.78. The predicted octanol–water partition coefficient (Wildman–Crippen LogP) is 1.63. The number of nitrogens with one attached hydrogen (secondary N) is 2. The van der Waals surface area contributed by atoms with E-state index in [-0.39, 0.29) is 18.4 Å². The van der Waals surface area contributed by atoms with Crippen molar-refractivity contribution in [1.29, 1.82) is 0 Å². The smallest absolute Gasteiger partial charge is 0.303 e. The SMILES string of the molecule is CC(C)CNC(=O)C(C)NCCC(C)CCC(=O)O. The molecule has 0 aliphatic carbocycles. The van der Waals surface area contributed by atoms with Crippen LogP contribution in [0.3, 0.4) is 0 Å². The fourth-order valence-electron chi connectivity index (χ4n) is 1.61. The highest BCUT2D eigenvalue weighted by molar-refractivity contribution is 5.81. The predicted molar refractivity (Wildman–Crippen MR) is 76.0 cm³/mol. The first kappa shape index (κ1) is 17.9. The molecule has 0 radical (unpaired) electrons. The number of carboxylic acids is 1. The van der Waals surface area contributed by atoms with Crippen LogP contribution in [-0.2, 0) is 9.59 Å². The average molecular weight is 272 g/mol. The van der Waals surface area contributed by atoms with Gasteiger partial charge in [-0.2, -0.15) is 0 Å². The number of aliphatic carboxylic acids is 1. The Labute approximate surface area is 116 Å². The van der Waals surface area contributed by atoms with E-state index in [2.05, 4.69) is 24.5 Å². The van der Waals surface area contributed by atoms with Crippen LogP contribution < -0.4 is 10.6 Å². The van der Waals surface area contributed by atoms with E-state index < -0.39 is 5.97 Å². The lowest BCUT2D eigenvalue weighted by atomic mass is 10.0. The second-order valence-corrected chi connectivity index (χ2v) is 5.64. The van der Waals surface area contributed by atoms with Gasteiger partial charge in [-0.05, 0) is 38.1 Å². The maximum atomic E-state index is 11.7. The minimum Gasteiger partial charge on any atom is -0.481 e. The molecular weight excluding hydrogens is 244 g/mol. The van der Waals surface area contributed by atoms with Gasteiger partial charge in [0.1, 0.15) is 0 Å². The highest BCUT2D eigenvalue weighted by Crippen LogP contribution is 2.09. The molecule has 0 fully saturated rings. The summed E-state index contributed by atoms with van der Waals surface area (Å²) < 4.78 is 0. The Kier molecular flexibility index (Phi) is 9.21. The van der Waals surface area contributed by atoms with Crippen molar-refractivity contribution in [3.63, 3.8) is 0 Å². The third-order valence-electron chi connectivity index (χ3n) is 3.02. The lowest BCUT2D eigenvalue weighted by Crippen LogP contribution is -2.43. The summed E-state index contributed by atoms with van der Waals surface area (Å²) in [6.45, 7) is 9.42. The summed E-state index contributed by atoms with van der Waals surface area (Å²) >= 11 is 0. The van der Waals surface area contributed by atoms with Gasteiger partial charge in [0.15, 0.2) is 0 Å². The van der Waals surface area contributed by atoms with Crippen LogP contribution in [0.15, 0.2) is 0 Å². The van der Waals surface area contributed by atoms with Crippen LogP contribution in [0.5, 0.6) is 0 Å². The van der Waals surface area contributed by atoms with Crippen LogP contribution in [0.1, 0.15) is 47.0 Å². The van der Waals surface area contributed by atoms with E-state index in [0.29, 0.717) is 24.8 Å². The highest BCUT2D eigenvalue weighted by Gasteiger charge is 2.12. The topological polar surface area (TPSA) is 78.4 Å². The first-order chi connectivity index (χ1) is 8.82. The normalized spacial score (nSPS) is 14.2. The van der Waals surface area contributed by atoms with Gasteiger partial charge in [0.2, 0.25) is 5.91 Å². The van der Waals surface area contributed by atoms with Crippen molar-refractivity contribution in [1.82, 2.24) is 10.6 Å². The molecule has 1 amide bonds. The van der Waals surface area contributed by atoms with Crippen molar-refractivity contribution in [3.05, 3.63) is 0 Å². The highest BCUT2D eigenvalue weighted by atomic mass is 16.4. The number of rotatable bonds is 10.